The largest absolute Gasteiger partial charge is 0.383 e. The Morgan fingerprint density at radius 2 is 1.86 bits per heavy atom. The molecule has 1 amide bonds. The van der Waals surface area contributed by atoms with Gasteiger partial charge in [-0.05, 0) is 43.2 Å². The lowest BCUT2D eigenvalue weighted by atomic mass is 10.1. The minimum Gasteiger partial charge on any atom is -0.383 e. The molecule has 2 fully saturated rings. The van der Waals surface area contributed by atoms with E-state index in [9.17, 15) is 13.2 Å². The molecule has 0 bridgehead atoms. The van der Waals surface area contributed by atoms with E-state index in [2.05, 4.69) is 0 Å². The fraction of sp³-hybridized carbons (Fsp3) is 0.269. The third kappa shape index (κ3) is 5.27. The average molecular weight is 555 g/mol. The molecule has 2 saturated heterocycles. The van der Waals surface area contributed by atoms with Crippen LogP contribution in [-0.4, -0.2) is 71.0 Å². The van der Waals surface area contributed by atoms with Gasteiger partial charge in [-0.3, -0.25) is 9.69 Å². The summed E-state index contributed by atoms with van der Waals surface area (Å²) < 4.78 is 35.3. The maximum Gasteiger partial charge on any atom is 0.266 e. The van der Waals surface area contributed by atoms with E-state index in [1.807, 2.05) is 42.6 Å². The first-order valence-corrected chi connectivity index (χ1v) is 14.5. The van der Waals surface area contributed by atoms with Crippen LogP contribution >= 0.6 is 24.0 Å². The van der Waals surface area contributed by atoms with Crippen molar-refractivity contribution in [1.29, 1.82) is 0 Å². The van der Waals surface area contributed by atoms with Crippen LogP contribution in [0.2, 0.25) is 0 Å². The lowest BCUT2D eigenvalue weighted by Crippen LogP contribution is -2.31. The molecular weight excluding hydrogens is 529 g/mol. The molecule has 11 heteroatoms. The summed E-state index contributed by atoms with van der Waals surface area (Å²) in [6.45, 7) is 1.83. The first-order chi connectivity index (χ1) is 17.9. The Bertz CT molecular complexity index is 1460. The van der Waals surface area contributed by atoms with E-state index in [0.717, 1.165) is 18.5 Å². The molecule has 3 aromatic rings. The van der Waals surface area contributed by atoms with Crippen molar-refractivity contribution in [3.05, 3.63) is 71.3 Å². The molecule has 0 saturated carbocycles. The highest BCUT2D eigenvalue weighted by atomic mass is 32.2. The number of hydrogen-bond acceptors (Lipinski definition) is 7. The molecule has 2 aromatic carbocycles. The van der Waals surface area contributed by atoms with Gasteiger partial charge in [-0.1, -0.05) is 54.3 Å². The zero-order valence-electron chi connectivity index (χ0n) is 20.2. The second-order valence-corrected chi connectivity index (χ2v) is 12.3. The smallest absolute Gasteiger partial charge is 0.266 e. The number of hydrogen-bond donors (Lipinski definition) is 0. The molecule has 5 rings (SSSR count). The van der Waals surface area contributed by atoms with Gasteiger partial charge >= 0.3 is 0 Å². The number of rotatable bonds is 8. The zero-order valence-corrected chi connectivity index (χ0v) is 22.7. The highest BCUT2D eigenvalue weighted by Crippen LogP contribution is 2.35. The number of methoxy groups -OCH3 is 1. The minimum atomic E-state index is -3.59. The quantitative estimate of drug-likeness (QED) is 0.305. The summed E-state index contributed by atoms with van der Waals surface area (Å²) in [5, 5.41) is 4.80. The lowest BCUT2D eigenvalue weighted by Gasteiger charge is -2.16. The van der Waals surface area contributed by atoms with Crippen molar-refractivity contribution < 1.29 is 17.9 Å². The van der Waals surface area contributed by atoms with Crippen molar-refractivity contribution in [2.24, 2.45) is 0 Å². The molecule has 0 N–H and O–H groups in total. The minimum absolute atomic E-state index is 0.184. The Kier molecular flexibility index (Phi) is 7.59. The Morgan fingerprint density at radius 1 is 1.11 bits per heavy atom. The number of thioether (sulfide) groups is 1. The van der Waals surface area contributed by atoms with E-state index in [4.69, 9.17) is 22.1 Å². The fourth-order valence-electron chi connectivity index (χ4n) is 4.33. The number of carbonyl (C=O) groups excluding carboxylic acids is 1. The van der Waals surface area contributed by atoms with Crippen LogP contribution in [0.25, 0.3) is 23.0 Å². The first-order valence-electron chi connectivity index (χ1n) is 11.9. The van der Waals surface area contributed by atoms with Gasteiger partial charge in [0, 0.05) is 37.5 Å². The molecule has 2 aliphatic rings. The zero-order chi connectivity index (χ0) is 26.0. The number of nitrogens with zero attached hydrogens (tertiary/aromatic N) is 4. The van der Waals surface area contributed by atoms with Gasteiger partial charge in [0.15, 0.2) is 0 Å². The van der Waals surface area contributed by atoms with Gasteiger partial charge in [-0.2, -0.15) is 9.40 Å². The van der Waals surface area contributed by atoms with Crippen LogP contribution in [-0.2, 0) is 19.6 Å². The average Bonchev–Trinajstić information content (AvgIpc) is 3.65. The molecule has 3 heterocycles. The Balaban J connectivity index is 1.57. The highest BCUT2D eigenvalue weighted by Gasteiger charge is 2.32. The summed E-state index contributed by atoms with van der Waals surface area (Å²) in [6.07, 6.45) is 5.35. The molecule has 0 aliphatic carbocycles. The summed E-state index contributed by atoms with van der Waals surface area (Å²) in [7, 11) is -2.01. The molecular formula is C26H26N4O4S3. The molecule has 0 unspecified atom stereocenters. The summed E-state index contributed by atoms with van der Waals surface area (Å²) >= 11 is 6.66. The Labute approximate surface area is 226 Å². The maximum absolute atomic E-state index is 13.2. The highest BCUT2D eigenvalue weighted by molar-refractivity contribution is 8.26. The van der Waals surface area contributed by atoms with Crippen molar-refractivity contribution in [3.63, 3.8) is 0 Å². The van der Waals surface area contributed by atoms with Gasteiger partial charge < -0.3 is 4.74 Å². The van der Waals surface area contributed by atoms with Crippen molar-refractivity contribution >= 4 is 50.3 Å². The van der Waals surface area contributed by atoms with E-state index >= 15 is 0 Å². The van der Waals surface area contributed by atoms with Crippen molar-refractivity contribution in [2.75, 3.05) is 33.4 Å². The van der Waals surface area contributed by atoms with E-state index < -0.39 is 10.0 Å². The van der Waals surface area contributed by atoms with E-state index in [1.54, 1.807) is 36.1 Å². The summed E-state index contributed by atoms with van der Waals surface area (Å²) in [4.78, 5) is 15.3. The molecule has 0 spiro atoms. The lowest BCUT2D eigenvalue weighted by molar-refractivity contribution is -0.122. The van der Waals surface area contributed by atoms with Crippen LogP contribution < -0.4 is 0 Å². The molecule has 0 atom stereocenters. The third-order valence-electron chi connectivity index (χ3n) is 6.25. The Hall–Kier alpha value is -2.83. The molecule has 192 valence electrons. The van der Waals surface area contributed by atoms with Gasteiger partial charge in [0.05, 0.1) is 28.6 Å². The van der Waals surface area contributed by atoms with Crippen molar-refractivity contribution in [1.82, 2.24) is 19.0 Å². The number of aromatic nitrogens is 2. The van der Waals surface area contributed by atoms with E-state index in [-0.39, 0.29) is 10.8 Å². The van der Waals surface area contributed by atoms with Crippen LogP contribution in [0.15, 0.2) is 70.6 Å². The van der Waals surface area contributed by atoms with Crippen molar-refractivity contribution in [3.8, 4) is 16.9 Å². The maximum atomic E-state index is 13.2. The van der Waals surface area contributed by atoms with Crippen molar-refractivity contribution in [2.45, 2.75) is 17.7 Å². The number of thiocarbonyl (C=S) groups is 1. The fourth-order valence-corrected chi connectivity index (χ4v) is 7.19. The second-order valence-electron chi connectivity index (χ2n) is 8.68. The van der Waals surface area contributed by atoms with E-state index in [0.29, 0.717) is 52.3 Å². The first kappa shape index (κ1) is 25.8. The summed E-state index contributed by atoms with van der Waals surface area (Å²) in [5.41, 5.74) is 2.75. The summed E-state index contributed by atoms with van der Waals surface area (Å²) in [5.74, 6) is -0.184. The van der Waals surface area contributed by atoms with Gasteiger partial charge in [-0.25, -0.2) is 13.1 Å². The summed E-state index contributed by atoms with van der Waals surface area (Å²) in [6, 6.07) is 16.5. The SMILES string of the molecule is COCCN1C(=O)/C(=C/c2cn(-c3ccccc3)nc2-c2cccc(S(=O)(=O)N3CCCC3)c2)SC1=S. The van der Waals surface area contributed by atoms with E-state index in [1.165, 1.54) is 21.0 Å². The number of carbonyl (C=O) groups is 1. The van der Waals surface area contributed by atoms with Crippen LogP contribution in [0.5, 0.6) is 0 Å². The molecule has 1 aromatic heterocycles. The van der Waals surface area contributed by atoms with Crippen LogP contribution in [0.1, 0.15) is 18.4 Å². The number of amides is 1. The monoisotopic (exact) mass is 554 g/mol. The molecule has 37 heavy (non-hydrogen) atoms. The molecule has 2 aliphatic heterocycles. The predicted octanol–water partition coefficient (Wildman–Crippen LogP) is 4.17. The number of benzene rings is 2. The van der Waals surface area contributed by atoms with Crippen LogP contribution in [0.3, 0.4) is 0 Å². The van der Waals surface area contributed by atoms with Gasteiger partial charge in [0.1, 0.15) is 10.0 Å². The third-order valence-corrected chi connectivity index (χ3v) is 9.53. The van der Waals surface area contributed by atoms with Crippen LogP contribution in [0.4, 0.5) is 0 Å². The number of ether oxygens (including phenoxy) is 1. The molecule has 8 nitrogen and oxygen atoms in total. The topological polar surface area (TPSA) is 84.7 Å². The van der Waals surface area contributed by atoms with Gasteiger partial charge in [0.25, 0.3) is 5.91 Å². The van der Waals surface area contributed by atoms with Crippen LogP contribution in [0, 0.1) is 0 Å². The predicted molar refractivity (Wildman–Crippen MR) is 149 cm³/mol. The number of para-hydroxylation sites is 1. The number of sulfonamides is 1. The second kappa shape index (κ2) is 10.9. The van der Waals surface area contributed by atoms with Gasteiger partial charge in [-0.15, -0.1) is 0 Å². The Morgan fingerprint density at radius 3 is 2.59 bits per heavy atom. The molecule has 0 radical (unpaired) electrons. The standard InChI is InChI=1S/C26H26N4O4S3/c1-34-15-14-29-25(31)23(36-26(29)35)17-20-18-30(21-9-3-2-4-10-21)27-24(20)19-8-7-11-22(16-19)37(32,33)28-12-5-6-13-28/h2-4,7-11,16-18H,5-6,12-15H2,1H3/b23-17-. The normalized spacial score (nSPS) is 17.9. The van der Waals surface area contributed by atoms with Gasteiger partial charge in [0.2, 0.25) is 10.0 Å².